The number of aliphatic hydroxyl groups is 1. The van der Waals surface area contributed by atoms with Crippen molar-refractivity contribution in [1.29, 1.82) is 0 Å². The van der Waals surface area contributed by atoms with Gasteiger partial charge in [-0.25, -0.2) is 0 Å². The molecule has 1 rings (SSSR count). The largest absolute Gasteiger partial charge is 0.396 e. The summed E-state index contributed by atoms with van der Waals surface area (Å²) in [6, 6.07) is 7.52. The van der Waals surface area contributed by atoms with Gasteiger partial charge in [-0.1, -0.05) is 19.9 Å². The lowest BCUT2D eigenvalue weighted by Gasteiger charge is -2.29. The number of hydrogen-bond acceptors (Lipinski definition) is 3. The molecule has 4 nitrogen and oxygen atoms in total. The molecule has 0 aliphatic rings. The van der Waals surface area contributed by atoms with Gasteiger partial charge < -0.3 is 15.3 Å². The number of nitrogens with one attached hydrogen (secondary N) is 1. The van der Waals surface area contributed by atoms with E-state index in [9.17, 15) is 9.90 Å². The second-order valence-corrected chi connectivity index (χ2v) is 5.49. The smallest absolute Gasteiger partial charge is 0.251 e. The van der Waals surface area contributed by atoms with Crippen LogP contribution in [-0.4, -0.2) is 38.3 Å². The number of rotatable bonds is 7. The number of carbonyl (C=O) groups is 1. The highest BCUT2D eigenvalue weighted by atomic mass is 16.3. The fourth-order valence-electron chi connectivity index (χ4n) is 2.07. The first-order valence-electron chi connectivity index (χ1n) is 7.14. The average molecular weight is 278 g/mol. The van der Waals surface area contributed by atoms with E-state index in [1.807, 2.05) is 51.0 Å². The van der Waals surface area contributed by atoms with E-state index < -0.39 is 0 Å². The summed E-state index contributed by atoms with van der Waals surface area (Å²) < 4.78 is 0. The number of carbonyl (C=O) groups excluding carboxylic acids is 1. The fourth-order valence-corrected chi connectivity index (χ4v) is 2.07. The van der Waals surface area contributed by atoms with Gasteiger partial charge in [0.25, 0.3) is 5.91 Å². The number of amides is 1. The molecule has 0 radical (unpaired) electrons. The molecule has 112 valence electrons. The van der Waals surface area contributed by atoms with E-state index in [4.69, 9.17) is 0 Å². The third-order valence-electron chi connectivity index (χ3n) is 4.08. The Morgan fingerprint density at radius 1 is 1.30 bits per heavy atom. The molecule has 1 amide bonds. The predicted octanol–water partition coefficient (Wildman–Crippen LogP) is 2.28. The monoisotopic (exact) mass is 278 g/mol. The van der Waals surface area contributed by atoms with Crippen molar-refractivity contribution in [2.24, 2.45) is 5.41 Å². The molecule has 0 aliphatic heterocycles. The second-order valence-electron chi connectivity index (χ2n) is 5.49. The van der Waals surface area contributed by atoms with Crippen LogP contribution in [0.15, 0.2) is 24.3 Å². The lowest BCUT2D eigenvalue weighted by molar-refractivity contribution is 0.0851. The average Bonchev–Trinajstić information content (AvgIpc) is 2.49. The molecule has 0 bridgehead atoms. The van der Waals surface area contributed by atoms with Crippen molar-refractivity contribution in [1.82, 2.24) is 5.32 Å². The van der Waals surface area contributed by atoms with Gasteiger partial charge in [0.2, 0.25) is 0 Å². The molecule has 1 aromatic rings. The highest BCUT2D eigenvalue weighted by molar-refractivity contribution is 5.95. The molecule has 0 unspecified atom stereocenters. The van der Waals surface area contributed by atoms with E-state index in [1.165, 1.54) is 0 Å². The molecule has 0 fully saturated rings. The Balaban J connectivity index is 2.74. The van der Waals surface area contributed by atoms with Crippen molar-refractivity contribution < 1.29 is 9.90 Å². The van der Waals surface area contributed by atoms with Gasteiger partial charge in [0.15, 0.2) is 0 Å². The molecular formula is C16H26N2O2. The van der Waals surface area contributed by atoms with Crippen LogP contribution in [0.25, 0.3) is 0 Å². The summed E-state index contributed by atoms with van der Waals surface area (Å²) in [5.74, 6) is -0.0894. The molecule has 20 heavy (non-hydrogen) atoms. The first kappa shape index (κ1) is 16.5. The third kappa shape index (κ3) is 3.97. The van der Waals surface area contributed by atoms with E-state index in [0.717, 1.165) is 18.5 Å². The Bertz CT molecular complexity index is 432. The summed E-state index contributed by atoms with van der Waals surface area (Å²) in [5.41, 5.74) is 1.43. The number of nitrogens with zero attached hydrogens (tertiary/aromatic N) is 1. The molecule has 0 aliphatic carbocycles. The summed E-state index contributed by atoms with van der Waals surface area (Å²) in [7, 11) is 3.89. The molecule has 0 atom stereocenters. The van der Waals surface area contributed by atoms with Crippen LogP contribution in [0.2, 0.25) is 0 Å². The number of aliphatic hydroxyl groups excluding tert-OH is 1. The highest BCUT2D eigenvalue weighted by Gasteiger charge is 2.25. The minimum atomic E-state index is -0.213. The van der Waals surface area contributed by atoms with Gasteiger partial charge in [-0.2, -0.15) is 0 Å². The van der Waals surface area contributed by atoms with Crippen molar-refractivity contribution in [2.45, 2.75) is 26.7 Å². The molecule has 0 saturated carbocycles. The minimum Gasteiger partial charge on any atom is -0.396 e. The Morgan fingerprint density at radius 2 is 1.95 bits per heavy atom. The molecular weight excluding hydrogens is 252 g/mol. The maximum absolute atomic E-state index is 12.2. The predicted molar refractivity (Wildman–Crippen MR) is 83.2 cm³/mol. The standard InChI is InChI=1S/C16H26N2O2/c1-5-16(6-2,12-19)11-17-15(20)13-8-7-9-14(10-13)18(3)4/h7-10,19H,5-6,11-12H2,1-4H3,(H,17,20). The van der Waals surface area contributed by atoms with Gasteiger partial charge in [-0.05, 0) is 31.0 Å². The normalized spacial score (nSPS) is 11.2. The van der Waals surface area contributed by atoms with Gasteiger partial charge in [-0.15, -0.1) is 0 Å². The molecule has 0 spiro atoms. The van der Waals surface area contributed by atoms with Crippen LogP contribution < -0.4 is 10.2 Å². The van der Waals surface area contributed by atoms with E-state index in [2.05, 4.69) is 5.32 Å². The zero-order chi connectivity index (χ0) is 15.2. The fraction of sp³-hybridized carbons (Fsp3) is 0.562. The number of anilines is 1. The van der Waals surface area contributed by atoms with Gasteiger partial charge >= 0.3 is 0 Å². The summed E-state index contributed by atoms with van der Waals surface area (Å²) in [6.45, 7) is 4.68. The van der Waals surface area contributed by atoms with Crippen LogP contribution in [0.3, 0.4) is 0 Å². The van der Waals surface area contributed by atoms with Crippen molar-refractivity contribution in [3.8, 4) is 0 Å². The zero-order valence-corrected chi connectivity index (χ0v) is 12.9. The zero-order valence-electron chi connectivity index (χ0n) is 12.9. The molecule has 0 saturated heterocycles. The van der Waals surface area contributed by atoms with Crippen LogP contribution in [0.4, 0.5) is 5.69 Å². The molecule has 2 N–H and O–H groups in total. The van der Waals surface area contributed by atoms with Crippen molar-refractivity contribution in [3.05, 3.63) is 29.8 Å². The van der Waals surface area contributed by atoms with Crippen LogP contribution in [0, 0.1) is 5.41 Å². The van der Waals surface area contributed by atoms with Crippen molar-refractivity contribution in [2.75, 3.05) is 32.1 Å². The summed E-state index contributed by atoms with van der Waals surface area (Å²) in [6.07, 6.45) is 1.69. The highest BCUT2D eigenvalue weighted by Crippen LogP contribution is 2.24. The molecule has 1 aromatic carbocycles. The molecule has 0 heterocycles. The summed E-state index contributed by atoms with van der Waals surface area (Å²) in [5, 5.41) is 12.5. The Kier molecular flexibility index (Phi) is 6.02. The van der Waals surface area contributed by atoms with Gasteiger partial charge in [-0.3, -0.25) is 4.79 Å². The Hall–Kier alpha value is -1.55. The van der Waals surface area contributed by atoms with E-state index >= 15 is 0 Å². The summed E-state index contributed by atoms with van der Waals surface area (Å²) >= 11 is 0. The Morgan fingerprint density at radius 3 is 2.45 bits per heavy atom. The quantitative estimate of drug-likeness (QED) is 0.804. The summed E-state index contributed by atoms with van der Waals surface area (Å²) in [4.78, 5) is 14.2. The first-order valence-corrected chi connectivity index (χ1v) is 7.14. The minimum absolute atomic E-state index is 0.0894. The maximum Gasteiger partial charge on any atom is 0.251 e. The lowest BCUT2D eigenvalue weighted by atomic mass is 9.83. The number of benzene rings is 1. The van der Waals surface area contributed by atoms with Gasteiger partial charge in [0.05, 0.1) is 6.61 Å². The van der Waals surface area contributed by atoms with Gasteiger partial charge in [0.1, 0.15) is 0 Å². The van der Waals surface area contributed by atoms with Gasteiger partial charge in [0, 0.05) is 37.3 Å². The second kappa shape index (κ2) is 7.29. The molecule has 0 aromatic heterocycles. The van der Waals surface area contributed by atoms with Crippen molar-refractivity contribution in [3.63, 3.8) is 0 Å². The van der Waals surface area contributed by atoms with E-state index in [-0.39, 0.29) is 17.9 Å². The number of hydrogen-bond donors (Lipinski definition) is 2. The Labute approximate surface area is 121 Å². The first-order chi connectivity index (χ1) is 9.48. The van der Waals surface area contributed by atoms with Crippen LogP contribution >= 0.6 is 0 Å². The van der Waals surface area contributed by atoms with Crippen molar-refractivity contribution >= 4 is 11.6 Å². The topological polar surface area (TPSA) is 52.6 Å². The third-order valence-corrected chi connectivity index (χ3v) is 4.08. The van der Waals surface area contributed by atoms with E-state index in [0.29, 0.717) is 12.1 Å². The van der Waals surface area contributed by atoms with Crippen LogP contribution in [0.1, 0.15) is 37.0 Å². The maximum atomic E-state index is 12.2. The van der Waals surface area contributed by atoms with E-state index in [1.54, 1.807) is 6.07 Å². The SMILES string of the molecule is CCC(CC)(CO)CNC(=O)c1cccc(N(C)C)c1. The van der Waals surface area contributed by atoms with Crippen LogP contribution in [0.5, 0.6) is 0 Å². The van der Waals surface area contributed by atoms with Crippen LogP contribution in [-0.2, 0) is 0 Å². The lowest BCUT2D eigenvalue weighted by Crippen LogP contribution is -2.39. The molecule has 4 heteroatoms.